The molecule has 30 heavy (non-hydrogen) atoms. The normalized spacial score (nSPS) is 18.2. The number of hydrogen-bond acceptors (Lipinski definition) is 5. The molecule has 1 atom stereocenters. The lowest BCUT2D eigenvalue weighted by Crippen LogP contribution is -2.46. The molecule has 2 aliphatic rings. The molecule has 1 fully saturated rings. The van der Waals surface area contributed by atoms with Crippen LogP contribution in [0, 0.1) is 0 Å². The van der Waals surface area contributed by atoms with Crippen molar-refractivity contribution in [2.75, 3.05) is 13.1 Å². The van der Waals surface area contributed by atoms with Crippen molar-refractivity contribution >= 4 is 17.5 Å². The molecule has 0 saturated carbocycles. The van der Waals surface area contributed by atoms with Gasteiger partial charge in [0.2, 0.25) is 5.91 Å². The monoisotopic (exact) mass is 421 g/mol. The lowest BCUT2D eigenvalue weighted by molar-refractivity contribution is -0.134. The predicted octanol–water partition coefficient (Wildman–Crippen LogP) is 4.44. The number of rotatable bonds is 3. The van der Waals surface area contributed by atoms with Crippen molar-refractivity contribution in [2.24, 2.45) is 0 Å². The molecule has 0 spiro atoms. The van der Waals surface area contributed by atoms with Crippen molar-refractivity contribution in [1.29, 1.82) is 0 Å². The van der Waals surface area contributed by atoms with Crippen LogP contribution >= 0.6 is 11.6 Å². The van der Waals surface area contributed by atoms with Gasteiger partial charge in [-0.2, -0.15) is 0 Å². The molecular formula is C23H20ClN3O3. The van der Waals surface area contributed by atoms with Gasteiger partial charge in [0.05, 0.1) is 29.9 Å². The summed E-state index contributed by atoms with van der Waals surface area (Å²) in [4.78, 5) is 23.8. The zero-order valence-electron chi connectivity index (χ0n) is 16.2. The highest BCUT2D eigenvalue weighted by Crippen LogP contribution is 2.44. The zero-order chi connectivity index (χ0) is 20.5. The molecule has 3 aromatic rings. The Hall–Kier alpha value is -3.12. The number of halogens is 1. The fourth-order valence-electron chi connectivity index (χ4n) is 4.10. The van der Waals surface area contributed by atoms with Gasteiger partial charge >= 0.3 is 6.01 Å². The quantitative estimate of drug-likeness (QED) is 0.625. The molecule has 0 radical (unpaired) electrons. The lowest BCUT2D eigenvalue weighted by atomic mass is 9.86. The minimum atomic E-state index is -0.392. The number of ether oxygens (including phenoxy) is 2. The maximum absolute atomic E-state index is 13.7. The van der Waals surface area contributed by atoms with E-state index in [0.29, 0.717) is 18.1 Å². The molecule has 6 nitrogen and oxygen atoms in total. The second-order valence-electron chi connectivity index (χ2n) is 7.46. The Bertz CT molecular complexity index is 1030. The number of fused-ring (bicyclic) bond motifs is 2. The van der Waals surface area contributed by atoms with Crippen molar-refractivity contribution in [2.45, 2.75) is 24.9 Å². The molecule has 2 aliphatic heterocycles. The standard InChI is InChI=1S/C23H20ClN3O3/c24-15-12-25-23(26-13-15)29-16-6-5-11-27(14-16)22(28)21-17-7-1-3-9-19(17)30-20-10-4-2-8-18(20)21/h1-4,7-10,12-13,16,21H,5-6,11,14H2/t16-/m0/s1. The molecule has 2 aromatic carbocycles. The summed E-state index contributed by atoms with van der Waals surface area (Å²) >= 11 is 5.84. The van der Waals surface area contributed by atoms with Crippen molar-refractivity contribution in [3.63, 3.8) is 0 Å². The number of hydrogen-bond donors (Lipinski definition) is 0. The SMILES string of the molecule is O=C(C1c2ccccc2Oc2ccccc21)N1CCC[C@H](Oc2ncc(Cl)cn2)C1. The third-order valence-electron chi connectivity index (χ3n) is 5.49. The summed E-state index contributed by atoms with van der Waals surface area (Å²) in [5.41, 5.74) is 1.79. The number of piperidine rings is 1. The van der Waals surface area contributed by atoms with E-state index in [1.165, 1.54) is 12.4 Å². The summed E-state index contributed by atoms with van der Waals surface area (Å²) in [6.07, 6.45) is 4.55. The van der Waals surface area contributed by atoms with E-state index < -0.39 is 5.92 Å². The van der Waals surface area contributed by atoms with Crippen molar-refractivity contribution in [3.8, 4) is 17.5 Å². The fraction of sp³-hybridized carbons (Fsp3) is 0.261. The van der Waals surface area contributed by atoms with Gasteiger partial charge in [0.1, 0.15) is 17.6 Å². The molecule has 1 aromatic heterocycles. The van der Waals surface area contributed by atoms with Gasteiger partial charge in [-0.3, -0.25) is 4.79 Å². The van der Waals surface area contributed by atoms with Crippen LogP contribution in [0.3, 0.4) is 0 Å². The maximum atomic E-state index is 13.7. The third kappa shape index (κ3) is 3.59. The number of aromatic nitrogens is 2. The van der Waals surface area contributed by atoms with Gasteiger partial charge in [-0.25, -0.2) is 9.97 Å². The summed E-state index contributed by atoms with van der Waals surface area (Å²) in [5, 5.41) is 0.458. The van der Waals surface area contributed by atoms with E-state index in [1.807, 2.05) is 53.4 Å². The summed E-state index contributed by atoms with van der Waals surface area (Å²) in [5.74, 6) is 1.13. The molecule has 1 amide bonds. The Morgan fingerprint density at radius 1 is 1.03 bits per heavy atom. The predicted molar refractivity (Wildman–Crippen MR) is 112 cm³/mol. The van der Waals surface area contributed by atoms with Gasteiger partial charge in [0, 0.05) is 17.7 Å². The molecule has 5 rings (SSSR count). The molecule has 152 valence electrons. The number of benzene rings is 2. The van der Waals surface area contributed by atoms with E-state index in [1.54, 1.807) is 0 Å². The lowest BCUT2D eigenvalue weighted by Gasteiger charge is -2.36. The average molecular weight is 422 g/mol. The number of amides is 1. The number of para-hydroxylation sites is 2. The number of carbonyl (C=O) groups is 1. The van der Waals surface area contributed by atoms with Gasteiger partial charge in [-0.15, -0.1) is 0 Å². The second-order valence-corrected chi connectivity index (χ2v) is 7.90. The van der Waals surface area contributed by atoms with Crippen LogP contribution in [0.5, 0.6) is 17.5 Å². The van der Waals surface area contributed by atoms with E-state index in [0.717, 1.165) is 35.5 Å². The van der Waals surface area contributed by atoms with Crippen molar-refractivity contribution in [1.82, 2.24) is 14.9 Å². The summed E-state index contributed by atoms with van der Waals surface area (Å²) in [7, 11) is 0. The number of likely N-dealkylation sites (tertiary alicyclic amines) is 1. The molecule has 0 N–H and O–H groups in total. The minimum absolute atomic E-state index is 0.0588. The Kier molecular flexibility index (Phi) is 5.01. The van der Waals surface area contributed by atoms with E-state index in [-0.39, 0.29) is 18.0 Å². The maximum Gasteiger partial charge on any atom is 0.316 e. The van der Waals surface area contributed by atoms with E-state index in [9.17, 15) is 4.79 Å². The van der Waals surface area contributed by atoms with E-state index in [2.05, 4.69) is 9.97 Å². The minimum Gasteiger partial charge on any atom is -0.458 e. The molecule has 0 unspecified atom stereocenters. The smallest absolute Gasteiger partial charge is 0.316 e. The van der Waals surface area contributed by atoms with Gasteiger partial charge in [-0.1, -0.05) is 48.0 Å². The Balaban J connectivity index is 1.40. The highest BCUT2D eigenvalue weighted by Gasteiger charge is 2.37. The first kappa shape index (κ1) is 18.9. The first-order valence-corrected chi connectivity index (χ1v) is 10.4. The topological polar surface area (TPSA) is 64.5 Å². The number of nitrogens with zero attached hydrogens (tertiary/aromatic N) is 3. The van der Waals surface area contributed by atoms with Crippen LogP contribution in [0.15, 0.2) is 60.9 Å². The first-order chi connectivity index (χ1) is 14.7. The van der Waals surface area contributed by atoms with Crippen LogP contribution in [-0.2, 0) is 4.79 Å². The van der Waals surface area contributed by atoms with Gasteiger partial charge < -0.3 is 14.4 Å². The van der Waals surface area contributed by atoms with Gasteiger partial charge in [-0.05, 0) is 25.0 Å². The summed E-state index contributed by atoms with van der Waals surface area (Å²) in [6, 6.07) is 15.8. The largest absolute Gasteiger partial charge is 0.458 e. The van der Waals surface area contributed by atoms with Gasteiger partial charge in [0.25, 0.3) is 0 Å². The molecular weight excluding hydrogens is 402 g/mol. The van der Waals surface area contributed by atoms with Crippen LogP contribution in [0.1, 0.15) is 29.9 Å². The first-order valence-electron chi connectivity index (χ1n) is 9.98. The van der Waals surface area contributed by atoms with E-state index >= 15 is 0 Å². The molecule has 3 heterocycles. The Labute approximate surface area is 179 Å². The fourth-order valence-corrected chi connectivity index (χ4v) is 4.20. The highest BCUT2D eigenvalue weighted by atomic mass is 35.5. The van der Waals surface area contributed by atoms with Crippen LogP contribution in [-0.4, -0.2) is 40.0 Å². The summed E-state index contributed by atoms with van der Waals surface area (Å²) < 4.78 is 11.9. The van der Waals surface area contributed by atoms with Crippen LogP contribution in [0.25, 0.3) is 0 Å². The summed E-state index contributed by atoms with van der Waals surface area (Å²) in [6.45, 7) is 1.19. The number of carbonyl (C=O) groups excluding carboxylic acids is 1. The molecule has 0 bridgehead atoms. The van der Waals surface area contributed by atoms with E-state index in [4.69, 9.17) is 21.1 Å². The second kappa shape index (κ2) is 7.95. The highest BCUT2D eigenvalue weighted by molar-refractivity contribution is 6.30. The Morgan fingerprint density at radius 2 is 1.67 bits per heavy atom. The average Bonchev–Trinajstić information content (AvgIpc) is 2.79. The molecule has 1 saturated heterocycles. The Morgan fingerprint density at radius 3 is 2.33 bits per heavy atom. The van der Waals surface area contributed by atoms with Crippen molar-refractivity contribution < 1.29 is 14.3 Å². The van der Waals surface area contributed by atoms with Gasteiger partial charge in [0.15, 0.2) is 0 Å². The molecule has 7 heteroatoms. The third-order valence-corrected chi connectivity index (χ3v) is 5.68. The zero-order valence-corrected chi connectivity index (χ0v) is 17.0. The van der Waals surface area contributed by atoms with Crippen LogP contribution < -0.4 is 9.47 Å². The van der Waals surface area contributed by atoms with Crippen molar-refractivity contribution in [3.05, 3.63) is 77.1 Å². The molecule has 0 aliphatic carbocycles. The van der Waals surface area contributed by atoms with Crippen LogP contribution in [0.2, 0.25) is 5.02 Å². The van der Waals surface area contributed by atoms with Crippen LogP contribution in [0.4, 0.5) is 0 Å².